The zero-order chi connectivity index (χ0) is 8.97. The number of nitrogens with zero attached hydrogens (tertiary/aromatic N) is 1. The van der Waals surface area contributed by atoms with Crippen molar-refractivity contribution < 1.29 is 14.7 Å². The van der Waals surface area contributed by atoms with Crippen molar-refractivity contribution >= 4 is 11.8 Å². The molecule has 1 rings (SSSR count). The lowest BCUT2D eigenvalue weighted by Gasteiger charge is -2.25. The van der Waals surface area contributed by atoms with Gasteiger partial charge in [0.1, 0.15) is 0 Å². The van der Waals surface area contributed by atoms with E-state index in [1.165, 1.54) is 6.92 Å². The molecule has 1 aliphatic heterocycles. The van der Waals surface area contributed by atoms with Crippen LogP contribution in [-0.4, -0.2) is 18.3 Å². The first-order valence-electron chi connectivity index (χ1n) is 3.98. The van der Waals surface area contributed by atoms with E-state index in [0.717, 1.165) is 12.8 Å². The summed E-state index contributed by atoms with van der Waals surface area (Å²) in [7, 11) is 0. The van der Waals surface area contributed by atoms with Gasteiger partial charge in [-0.15, -0.1) is 0 Å². The number of amidine groups is 1. The summed E-state index contributed by atoms with van der Waals surface area (Å²) in [4.78, 5) is 14.7. The first kappa shape index (κ1) is 9.15. The van der Waals surface area contributed by atoms with Crippen molar-refractivity contribution in [3.05, 3.63) is 5.21 Å². The van der Waals surface area contributed by atoms with Gasteiger partial charge in [0, 0.05) is 13.3 Å². The topological polar surface area (TPSA) is 66.2 Å². The van der Waals surface area contributed by atoms with E-state index >= 15 is 0 Å². The van der Waals surface area contributed by atoms with Crippen LogP contribution in [0.25, 0.3) is 0 Å². The van der Waals surface area contributed by atoms with Crippen molar-refractivity contribution in [2.75, 3.05) is 6.54 Å². The zero-order valence-electron chi connectivity index (χ0n) is 7.00. The van der Waals surface area contributed by atoms with Gasteiger partial charge in [-0.05, 0) is 18.0 Å². The summed E-state index contributed by atoms with van der Waals surface area (Å²) >= 11 is 0. The van der Waals surface area contributed by atoms with Gasteiger partial charge in [0.05, 0.1) is 6.54 Å². The fraction of sp³-hybridized carbons (Fsp3) is 0.714. The molecule has 1 unspecified atom stereocenters. The molecule has 1 aliphatic rings. The lowest BCUT2D eigenvalue weighted by atomic mass is 10.1. The molecule has 0 spiro atoms. The molecule has 5 nitrogen and oxygen atoms in total. The largest absolute Gasteiger partial charge is 0.628 e. The lowest BCUT2D eigenvalue weighted by Crippen LogP contribution is -3.10. The van der Waals surface area contributed by atoms with Gasteiger partial charge in [0.15, 0.2) is 0 Å². The van der Waals surface area contributed by atoms with Gasteiger partial charge in [0.2, 0.25) is 5.84 Å². The molecular weight excluding hydrogens is 160 g/mol. The number of oxime groups is 1. The summed E-state index contributed by atoms with van der Waals surface area (Å²) < 4.78 is 0. The Balaban J connectivity index is 2.47. The summed E-state index contributed by atoms with van der Waals surface area (Å²) in [5.74, 6) is -0.0858. The van der Waals surface area contributed by atoms with Crippen molar-refractivity contribution in [2.24, 2.45) is 5.16 Å². The van der Waals surface area contributed by atoms with Crippen LogP contribution < -0.4 is 5.06 Å². The van der Waals surface area contributed by atoms with E-state index in [4.69, 9.17) is 0 Å². The molecule has 0 saturated carbocycles. The van der Waals surface area contributed by atoms with E-state index in [9.17, 15) is 10.0 Å². The highest BCUT2D eigenvalue weighted by molar-refractivity contribution is 5.75. The maximum atomic E-state index is 11.1. The number of hydrogen-bond acceptors (Lipinski definition) is 4. The molecule has 1 heterocycles. The average Bonchev–Trinajstić information content (AvgIpc) is 2.03. The normalized spacial score (nSPS) is 27.2. The maximum absolute atomic E-state index is 11.1. The minimum Gasteiger partial charge on any atom is -0.628 e. The van der Waals surface area contributed by atoms with Crippen LogP contribution in [-0.2, 0) is 9.63 Å². The number of nitrogens with one attached hydrogen (secondary N) is 1. The van der Waals surface area contributed by atoms with Gasteiger partial charge in [0.25, 0.3) is 0 Å². The maximum Gasteiger partial charge on any atom is 0.332 e. The smallest absolute Gasteiger partial charge is 0.332 e. The Morgan fingerprint density at radius 2 is 2.42 bits per heavy atom. The average molecular weight is 172 g/mol. The monoisotopic (exact) mass is 172 g/mol. The second kappa shape index (κ2) is 4.18. The quantitative estimate of drug-likeness (QED) is 0.327. The Bertz CT molecular complexity index is 203. The van der Waals surface area contributed by atoms with Gasteiger partial charge in [-0.3, -0.25) is 0 Å². The molecule has 1 saturated heterocycles. The number of carbonyl (C=O) groups excluding carboxylic acids is 1. The van der Waals surface area contributed by atoms with Crippen molar-refractivity contribution in [2.45, 2.75) is 26.2 Å². The minimum absolute atomic E-state index is 0.00231. The first-order chi connectivity index (χ1) is 5.70. The molecule has 0 radical (unpaired) electrons. The zero-order valence-corrected chi connectivity index (χ0v) is 7.00. The van der Waals surface area contributed by atoms with E-state index in [1.54, 1.807) is 0 Å². The Kier molecular flexibility index (Phi) is 3.19. The number of hydroxylamine groups is 2. The second-order valence-electron chi connectivity index (χ2n) is 2.75. The van der Waals surface area contributed by atoms with Crippen molar-refractivity contribution in [3.8, 4) is 0 Å². The van der Waals surface area contributed by atoms with Gasteiger partial charge in [-0.2, -0.15) is 0 Å². The number of piperidine rings is 1. The van der Waals surface area contributed by atoms with E-state index in [-0.39, 0.29) is 5.06 Å². The van der Waals surface area contributed by atoms with Crippen molar-refractivity contribution in [1.82, 2.24) is 0 Å². The highest BCUT2D eigenvalue weighted by atomic mass is 16.7. The molecule has 1 fully saturated rings. The van der Waals surface area contributed by atoms with Crippen LogP contribution in [0.3, 0.4) is 0 Å². The van der Waals surface area contributed by atoms with Crippen LogP contribution in [0.4, 0.5) is 0 Å². The van der Waals surface area contributed by atoms with E-state index in [0.29, 0.717) is 18.8 Å². The SMILES string of the molecule is CC(=O)ON=C1CCCC[NH+]1[O-]. The summed E-state index contributed by atoms with van der Waals surface area (Å²) in [5, 5.41) is 14.6. The molecule has 0 aromatic carbocycles. The summed E-state index contributed by atoms with van der Waals surface area (Å²) in [6.07, 6.45) is 2.50. The second-order valence-corrected chi connectivity index (χ2v) is 2.75. The van der Waals surface area contributed by atoms with E-state index < -0.39 is 5.97 Å². The molecule has 1 N–H and O–H groups in total. The van der Waals surface area contributed by atoms with Crippen LogP contribution in [0.5, 0.6) is 0 Å². The standard InChI is InChI=1S/C7H12N2O3/c1-6(10)12-8-7-4-2-3-5-9(7)11/h9H,2-5H2,1H3. The van der Waals surface area contributed by atoms with Crippen molar-refractivity contribution in [1.29, 1.82) is 0 Å². The highest BCUT2D eigenvalue weighted by Gasteiger charge is 2.15. The van der Waals surface area contributed by atoms with Crippen LogP contribution in [0.1, 0.15) is 26.2 Å². The Morgan fingerprint density at radius 1 is 1.67 bits per heavy atom. The number of quaternary nitrogens is 1. The molecule has 0 aliphatic carbocycles. The molecule has 5 heteroatoms. The number of rotatable bonds is 1. The summed E-state index contributed by atoms with van der Waals surface area (Å²) in [6.45, 7) is 1.79. The third-order valence-corrected chi connectivity index (χ3v) is 1.67. The molecule has 0 aromatic rings. The molecular formula is C7H12N2O3. The third kappa shape index (κ3) is 2.60. The highest BCUT2D eigenvalue weighted by Crippen LogP contribution is 1.98. The molecule has 68 valence electrons. The molecule has 0 bridgehead atoms. The predicted octanol–water partition coefficient (Wildman–Crippen LogP) is -0.570. The Labute approximate surface area is 70.6 Å². The summed E-state index contributed by atoms with van der Waals surface area (Å²) in [5.41, 5.74) is 0. The molecule has 0 amide bonds. The van der Waals surface area contributed by atoms with Crippen LogP contribution in [0, 0.1) is 5.21 Å². The van der Waals surface area contributed by atoms with Crippen LogP contribution in [0.15, 0.2) is 5.16 Å². The molecule has 12 heavy (non-hydrogen) atoms. The van der Waals surface area contributed by atoms with Gasteiger partial charge in [-0.1, -0.05) is 0 Å². The Morgan fingerprint density at radius 3 is 3.00 bits per heavy atom. The fourth-order valence-corrected chi connectivity index (χ4v) is 1.08. The number of hydrogen-bond donors (Lipinski definition) is 1. The van der Waals surface area contributed by atoms with Gasteiger partial charge < -0.3 is 15.1 Å². The number of carbonyl (C=O) groups is 1. The predicted molar refractivity (Wildman–Crippen MR) is 42.2 cm³/mol. The summed E-state index contributed by atoms with van der Waals surface area (Å²) in [6, 6.07) is 0. The van der Waals surface area contributed by atoms with Crippen LogP contribution >= 0.6 is 0 Å². The first-order valence-corrected chi connectivity index (χ1v) is 3.98. The molecule has 0 aromatic heterocycles. The van der Waals surface area contributed by atoms with Gasteiger partial charge >= 0.3 is 5.97 Å². The third-order valence-electron chi connectivity index (χ3n) is 1.67. The fourth-order valence-electron chi connectivity index (χ4n) is 1.08. The molecule has 1 atom stereocenters. The van der Waals surface area contributed by atoms with E-state index in [1.807, 2.05) is 0 Å². The van der Waals surface area contributed by atoms with Crippen LogP contribution in [0.2, 0.25) is 0 Å². The van der Waals surface area contributed by atoms with Gasteiger partial charge in [-0.25, -0.2) is 4.79 Å². The Hall–Kier alpha value is -0.940. The van der Waals surface area contributed by atoms with Crippen molar-refractivity contribution in [3.63, 3.8) is 0 Å². The minimum atomic E-state index is -0.485. The van der Waals surface area contributed by atoms with E-state index in [2.05, 4.69) is 9.99 Å². The lowest BCUT2D eigenvalue weighted by molar-refractivity contribution is -0.754.